The highest BCUT2D eigenvalue weighted by molar-refractivity contribution is 7.80. The van der Waals surface area contributed by atoms with Crippen molar-refractivity contribution in [2.45, 2.75) is 52.4 Å². The van der Waals surface area contributed by atoms with Crippen LogP contribution in [0.15, 0.2) is 0 Å². The van der Waals surface area contributed by atoms with Gasteiger partial charge in [-0.15, -0.1) is 0 Å². The number of carbonyl (C=O) groups excluding carboxylic acids is 1. The molecule has 1 aliphatic heterocycles. The van der Waals surface area contributed by atoms with Crippen LogP contribution in [-0.2, 0) is 4.79 Å². The fourth-order valence-electron chi connectivity index (χ4n) is 3.20. The molecule has 0 aromatic rings. The lowest BCUT2D eigenvalue weighted by atomic mass is 9.79. The highest BCUT2D eigenvalue weighted by Crippen LogP contribution is 2.41. The van der Waals surface area contributed by atoms with Gasteiger partial charge in [-0.25, -0.2) is 0 Å². The number of carbonyl (C=O) groups is 1. The van der Waals surface area contributed by atoms with E-state index in [0.29, 0.717) is 10.9 Å². The zero-order valence-electron chi connectivity index (χ0n) is 11.5. The van der Waals surface area contributed by atoms with Crippen LogP contribution in [0, 0.1) is 10.8 Å². The van der Waals surface area contributed by atoms with E-state index in [4.69, 9.17) is 18.0 Å². The molecule has 18 heavy (non-hydrogen) atoms. The first-order chi connectivity index (χ1) is 8.37. The van der Waals surface area contributed by atoms with Crippen molar-refractivity contribution in [3.63, 3.8) is 0 Å². The van der Waals surface area contributed by atoms with Crippen molar-refractivity contribution in [1.29, 1.82) is 0 Å². The molecule has 0 aromatic heterocycles. The van der Waals surface area contributed by atoms with Crippen molar-refractivity contribution in [2.75, 3.05) is 13.1 Å². The average molecular weight is 268 g/mol. The Morgan fingerprint density at radius 1 is 1.06 bits per heavy atom. The molecule has 0 spiro atoms. The molecule has 4 heteroatoms. The Morgan fingerprint density at radius 3 is 2.00 bits per heavy atom. The van der Waals surface area contributed by atoms with E-state index in [1.807, 2.05) is 4.90 Å². The van der Waals surface area contributed by atoms with Crippen LogP contribution < -0.4 is 5.73 Å². The molecule has 0 unspecified atom stereocenters. The summed E-state index contributed by atoms with van der Waals surface area (Å²) in [7, 11) is 0. The lowest BCUT2D eigenvalue weighted by Crippen LogP contribution is -2.50. The van der Waals surface area contributed by atoms with Gasteiger partial charge in [0.15, 0.2) is 0 Å². The Labute approximate surface area is 115 Å². The molecule has 1 saturated heterocycles. The first-order valence-corrected chi connectivity index (χ1v) is 7.38. The third kappa shape index (κ3) is 2.40. The van der Waals surface area contributed by atoms with Crippen molar-refractivity contribution in [2.24, 2.45) is 16.6 Å². The second-order valence-electron chi connectivity index (χ2n) is 6.48. The molecule has 2 aliphatic rings. The number of hydrogen-bond donors (Lipinski definition) is 1. The first kappa shape index (κ1) is 13.8. The predicted octanol–water partition coefficient (Wildman–Crippen LogP) is 2.48. The van der Waals surface area contributed by atoms with Gasteiger partial charge in [0.1, 0.15) is 0 Å². The van der Waals surface area contributed by atoms with Crippen molar-refractivity contribution >= 4 is 23.1 Å². The van der Waals surface area contributed by atoms with Gasteiger partial charge in [0.25, 0.3) is 0 Å². The van der Waals surface area contributed by atoms with Gasteiger partial charge < -0.3 is 10.6 Å². The van der Waals surface area contributed by atoms with Gasteiger partial charge in [0, 0.05) is 23.9 Å². The van der Waals surface area contributed by atoms with Gasteiger partial charge in [0.05, 0.1) is 4.99 Å². The van der Waals surface area contributed by atoms with Crippen LogP contribution in [0.4, 0.5) is 0 Å². The van der Waals surface area contributed by atoms with Crippen LogP contribution in [0.2, 0.25) is 0 Å². The normalized spacial score (nSPS) is 26.0. The molecular weight excluding hydrogens is 244 g/mol. The second kappa shape index (κ2) is 4.80. The molecule has 102 valence electrons. The second-order valence-corrected chi connectivity index (χ2v) is 6.92. The van der Waals surface area contributed by atoms with Gasteiger partial charge in [-0.3, -0.25) is 4.79 Å². The maximum atomic E-state index is 12.6. The minimum Gasteiger partial charge on any atom is -0.393 e. The highest BCUT2D eigenvalue weighted by Gasteiger charge is 2.42. The maximum Gasteiger partial charge on any atom is 0.228 e. The van der Waals surface area contributed by atoms with Crippen LogP contribution in [0.3, 0.4) is 0 Å². The van der Waals surface area contributed by atoms with Crippen LogP contribution in [0.25, 0.3) is 0 Å². The molecule has 2 rings (SSSR count). The van der Waals surface area contributed by atoms with E-state index in [2.05, 4.69) is 13.8 Å². The van der Waals surface area contributed by atoms with Crippen LogP contribution in [0.1, 0.15) is 52.4 Å². The minimum atomic E-state index is -0.100. The van der Waals surface area contributed by atoms with Gasteiger partial charge in [-0.05, 0) is 25.7 Å². The summed E-state index contributed by atoms with van der Waals surface area (Å²) in [5, 5.41) is 0. The van der Waals surface area contributed by atoms with Gasteiger partial charge in [0.2, 0.25) is 5.91 Å². The summed E-state index contributed by atoms with van der Waals surface area (Å²) >= 11 is 5.14. The Kier molecular flexibility index (Phi) is 3.67. The maximum absolute atomic E-state index is 12.6. The summed E-state index contributed by atoms with van der Waals surface area (Å²) in [6.07, 6.45) is 6.31. The van der Waals surface area contributed by atoms with E-state index >= 15 is 0 Å². The Hall–Kier alpha value is -0.640. The van der Waals surface area contributed by atoms with Gasteiger partial charge in [-0.2, -0.15) is 0 Å². The molecule has 3 nitrogen and oxygen atoms in total. The third-order valence-electron chi connectivity index (χ3n) is 4.97. The molecule has 0 radical (unpaired) electrons. The summed E-state index contributed by atoms with van der Waals surface area (Å²) in [5.74, 6) is 0.352. The van der Waals surface area contributed by atoms with E-state index in [0.717, 1.165) is 38.8 Å². The zero-order chi connectivity index (χ0) is 13.4. The monoisotopic (exact) mass is 268 g/mol. The molecule has 2 N–H and O–H groups in total. The van der Waals surface area contributed by atoms with Crippen LogP contribution in [0.5, 0.6) is 0 Å². The molecular formula is C14H24N2OS. The number of thiocarbonyl (C=S) groups is 1. The van der Waals surface area contributed by atoms with E-state index in [1.165, 1.54) is 12.8 Å². The molecule has 2 fully saturated rings. The standard InChI is InChI=1S/C14H24N2OS/c1-13(11(15)18)7-9-16(10-8-13)12(17)14(2)5-3-4-6-14/h3-10H2,1-2H3,(H2,15,18). The molecule has 0 aromatic carbocycles. The van der Waals surface area contributed by atoms with Crippen molar-refractivity contribution in [3.8, 4) is 0 Å². The van der Waals surface area contributed by atoms with Crippen molar-refractivity contribution < 1.29 is 4.79 Å². The van der Waals surface area contributed by atoms with Crippen LogP contribution in [-0.4, -0.2) is 28.9 Å². The largest absolute Gasteiger partial charge is 0.393 e. The van der Waals surface area contributed by atoms with E-state index < -0.39 is 0 Å². The average Bonchev–Trinajstić information content (AvgIpc) is 2.77. The number of hydrogen-bond acceptors (Lipinski definition) is 2. The first-order valence-electron chi connectivity index (χ1n) is 6.97. The number of piperidine rings is 1. The topological polar surface area (TPSA) is 46.3 Å². The predicted molar refractivity (Wildman–Crippen MR) is 77.3 cm³/mol. The quantitative estimate of drug-likeness (QED) is 0.783. The number of likely N-dealkylation sites (tertiary alicyclic amines) is 1. The Bertz CT molecular complexity index is 353. The summed E-state index contributed by atoms with van der Waals surface area (Å²) in [5.41, 5.74) is 5.65. The molecule has 0 bridgehead atoms. The molecule has 0 atom stereocenters. The van der Waals surface area contributed by atoms with Crippen LogP contribution >= 0.6 is 12.2 Å². The highest BCUT2D eigenvalue weighted by atomic mass is 32.1. The van der Waals surface area contributed by atoms with Gasteiger partial charge in [-0.1, -0.05) is 38.9 Å². The summed E-state index contributed by atoms with van der Waals surface area (Å²) in [4.78, 5) is 15.2. The summed E-state index contributed by atoms with van der Waals surface area (Å²) < 4.78 is 0. The van der Waals surface area contributed by atoms with Gasteiger partial charge >= 0.3 is 0 Å². The summed E-state index contributed by atoms with van der Waals surface area (Å²) in [6.45, 7) is 5.86. The SMILES string of the molecule is CC1(C(=O)N2CCC(C)(C(N)=S)CC2)CCCC1. The smallest absolute Gasteiger partial charge is 0.228 e. The zero-order valence-corrected chi connectivity index (χ0v) is 12.3. The number of nitrogens with zero attached hydrogens (tertiary/aromatic N) is 1. The molecule has 1 heterocycles. The van der Waals surface area contributed by atoms with Crippen molar-refractivity contribution in [3.05, 3.63) is 0 Å². The summed E-state index contributed by atoms with van der Waals surface area (Å²) in [6, 6.07) is 0. The third-order valence-corrected chi connectivity index (χ3v) is 5.47. The Balaban J connectivity index is 1.98. The molecule has 1 saturated carbocycles. The van der Waals surface area contributed by atoms with E-state index in [-0.39, 0.29) is 10.8 Å². The molecule has 1 aliphatic carbocycles. The van der Waals surface area contributed by atoms with E-state index in [1.54, 1.807) is 0 Å². The number of nitrogens with two attached hydrogens (primary N) is 1. The minimum absolute atomic E-state index is 0.0529. The lowest BCUT2D eigenvalue weighted by Gasteiger charge is -2.41. The van der Waals surface area contributed by atoms with E-state index in [9.17, 15) is 4.79 Å². The van der Waals surface area contributed by atoms with Crippen molar-refractivity contribution in [1.82, 2.24) is 4.90 Å². The lowest BCUT2D eigenvalue weighted by molar-refractivity contribution is -0.142. The molecule has 1 amide bonds. The fourth-order valence-corrected chi connectivity index (χ4v) is 3.40. The number of amides is 1. The fraction of sp³-hybridized carbons (Fsp3) is 0.857. The Morgan fingerprint density at radius 2 is 1.56 bits per heavy atom. The number of rotatable bonds is 2.